The van der Waals surface area contributed by atoms with Crippen LogP contribution in [0.3, 0.4) is 0 Å². The Balaban J connectivity index is 2.22. The number of anilines is 1. The maximum Gasteiger partial charge on any atom is 0.135 e. The maximum atomic E-state index is 5.88. The van der Waals surface area contributed by atoms with Gasteiger partial charge >= 0.3 is 0 Å². The first-order valence-corrected chi connectivity index (χ1v) is 4.94. The number of hydrogen-bond acceptors (Lipinski definition) is 3. The Morgan fingerprint density at radius 3 is 2.87 bits per heavy atom. The highest BCUT2D eigenvalue weighted by molar-refractivity contribution is 6.30. The molecular formula is C11H10ClN3. The molecule has 3 nitrogen and oxygen atoms in total. The van der Waals surface area contributed by atoms with Crippen LogP contribution in [0.4, 0.5) is 5.82 Å². The zero-order chi connectivity index (χ0) is 10.7. The van der Waals surface area contributed by atoms with Gasteiger partial charge in [-0.2, -0.15) is 0 Å². The first-order valence-electron chi connectivity index (χ1n) is 4.56. The zero-order valence-corrected chi connectivity index (χ0v) is 8.78. The lowest BCUT2D eigenvalue weighted by atomic mass is 10.1. The Hall–Kier alpha value is -1.61. The Morgan fingerprint density at radius 2 is 2.13 bits per heavy atom. The molecule has 2 rings (SSSR count). The minimum absolute atomic E-state index is 0.488. The fourth-order valence-electron chi connectivity index (χ4n) is 1.33. The van der Waals surface area contributed by atoms with Crippen LogP contribution in [0.25, 0.3) is 0 Å². The van der Waals surface area contributed by atoms with Gasteiger partial charge in [0.1, 0.15) is 11.6 Å². The molecule has 0 saturated carbocycles. The van der Waals surface area contributed by atoms with Crippen LogP contribution in [0.2, 0.25) is 5.02 Å². The summed E-state index contributed by atoms with van der Waals surface area (Å²) in [6.45, 7) is 0. The molecule has 0 aliphatic carbocycles. The summed E-state index contributed by atoms with van der Waals surface area (Å²) in [5.74, 6) is 1.19. The monoisotopic (exact) mass is 219 g/mol. The van der Waals surface area contributed by atoms with E-state index < -0.39 is 0 Å². The fraction of sp³-hybridized carbons (Fsp3) is 0.0909. The summed E-state index contributed by atoms with van der Waals surface area (Å²) in [6.07, 6.45) is 2.30. The van der Waals surface area contributed by atoms with Gasteiger partial charge < -0.3 is 5.73 Å². The molecule has 2 aromatic rings. The fourth-order valence-corrected chi connectivity index (χ4v) is 1.54. The zero-order valence-electron chi connectivity index (χ0n) is 8.02. The van der Waals surface area contributed by atoms with E-state index in [0.717, 1.165) is 10.6 Å². The third-order valence-electron chi connectivity index (χ3n) is 1.98. The van der Waals surface area contributed by atoms with Gasteiger partial charge in [-0.25, -0.2) is 9.97 Å². The van der Waals surface area contributed by atoms with Crippen molar-refractivity contribution >= 4 is 17.4 Å². The lowest BCUT2D eigenvalue weighted by molar-refractivity contribution is 0.974. The van der Waals surface area contributed by atoms with Crippen LogP contribution in [0.1, 0.15) is 11.4 Å². The Morgan fingerprint density at radius 1 is 1.27 bits per heavy atom. The summed E-state index contributed by atoms with van der Waals surface area (Å²) < 4.78 is 0. The van der Waals surface area contributed by atoms with Crippen LogP contribution in [0.15, 0.2) is 36.5 Å². The molecule has 76 valence electrons. The minimum atomic E-state index is 0.488. The summed E-state index contributed by atoms with van der Waals surface area (Å²) in [6, 6.07) is 9.29. The first-order chi connectivity index (χ1) is 7.24. The smallest absolute Gasteiger partial charge is 0.135 e. The SMILES string of the molecule is Nc1ccnc(Cc2cccc(Cl)c2)n1. The second-order valence-corrected chi connectivity index (χ2v) is 3.64. The first kappa shape index (κ1) is 9.93. The van der Waals surface area contributed by atoms with Gasteiger partial charge in [0.15, 0.2) is 0 Å². The molecule has 0 fully saturated rings. The number of aromatic nitrogens is 2. The lowest BCUT2D eigenvalue weighted by Gasteiger charge is -2.01. The molecule has 0 aliphatic heterocycles. The van der Waals surface area contributed by atoms with E-state index in [1.54, 1.807) is 12.3 Å². The second-order valence-electron chi connectivity index (χ2n) is 3.20. The van der Waals surface area contributed by atoms with Crippen molar-refractivity contribution in [2.75, 3.05) is 5.73 Å². The molecule has 0 spiro atoms. The van der Waals surface area contributed by atoms with E-state index in [1.165, 1.54) is 0 Å². The van der Waals surface area contributed by atoms with E-state index in [4.69, 9.17) is 17.3 Å². The van der Waals surface area contributed by atoms with Crippen molar-refractivity contribution in [1.29, 1.82) is 0 Å². The summed E-state index contributed by atoms with van der Waals surface area (Å²) in [5, 5.41) is 0.719. The Kier molecular flexibility index (Phi) is 2.83. The third kappa shape index (κ3) is 2.67. The molecule has 4 heteroatoms. The molecule has 1 aromatic heterocycles. The average Bonchev–Trinajstić information content (AvgIpc) is 2.17. The van der Waals surface area contributed by atoms with Gasteiger partial charge in [-0.05, 0) is 23.8 Å². The van der Waals surface area contributed by atoms with Gasteiger partial charge in [-0.15, -0.1) is 0 Å². The number of nitrogen functional groups attached to an aromatic ring is 1. The Bertz CT molecular complexity index is 427. The molecule has 0 radical (unpaired) electrons. The van der Waals surface area contributed by atoms with Crippen molar-refractivity contribution in [3.05, 3.63) is 52.9 Å². The molecule has 2 N–H and O–H groups in total. The third-order valence-corrected chi connectivity index (χ3v) is 2.21. The van der Waals surface area contributed by atoms with Crippen molar-refractivity contribution < 1.29 is 0 Å². The van der Waals surface area contributed by atoms with Crippen LogP contribution in [0.5, 0.6) is 0 Å². The van der Waals surface area contributed by atoms with Gasteiger partial charge in [0.2, 0.25) is 0 Å². The molecule has 0 saturated heterocycles. The van der Waals surface area contributed by atoms with Gasteiger partial charge in [-0.1, -0.05) is 23.7 Å². The second kappa shape index (κ2) is 4.28. The van der Waals surface area contributed by atoms with E-state index in [0.29, 0.717) is 18.1 Å². The van der Waals surface area contributed by atoms with Crippen molar-refractivity contribution in [2.45, 2.75) is 6.42 Å². The minimum Gasteiger partial charge on any atom is -0.384 e. The summed E-state index contributed by atoms with van der Waals surface area (Å²) in [5.41, 5.74) is 6.64. The predicted octanol–water partition coefficient (Wildman–Crippen LogP) is 2.30. The van der Waals surface area contributed by atoms with E-state index in [1.807, 2.05) is 24.3 Å². The molecule has 0 atom stereocenters. The van der Waals surface area contributed by atoms with Crippen LogP contribution in [0, 0.1) is 0 Å². The topological polar surface area (TPSA) is 51.8 Å². The van der Waals surface area contributed by atoms with Crippen LogP contribution >= 0.6 is 11.6 Å². The number of nitrogens with two attached hydrogens (primary N) is 1. The van der Waals surface area contributed by atoms with Gasteiger partial charge in [0, 0.05) is 17.6 Å². The highest BCUT2D eigenvalue weighted by atomic mass is 35.5. The van der Waals surface area contributed by atoms with Crippen LogP contribution in [-0.2, 0) is 6.42 Å². The summed E-state index contributed by atoms with van der Waals surface area (Å²) in [4.78, 5) is 8.25. The van der Waals surface area contributed by atoms with Crippen LogP contribution < -0.4 is 5.73 Å². The molecule has 0 bridgehead atoms. The number of halogens is 1. The highest BCUT2D eigenvalue weighted by Crippen LogP contribution is 2.13. The average molecular weight is 220 g/mol. The molecule has 1 heterocycles. The highest BCUT2D eigenvalue weighted by Gasteiger charge is 2.00. The van der Waals surface area contributed by atoms with Crippen molar-refractivity contribution in [3.63, 3.8) is 0 Å². The predicted molar refractivity (Wildman–Crippen MR) is 60.7 cm³/mol. The number of benzene rings is 1. The summed E-state index contributed by atoms with van der Waals surface area (Å²) >= 11 is 5.88. The van der Waals surface area contributed by atoms with Crippen molar-refractivity contribution in [2.24, 2.45) is 0 Å². The Labute approximate surface area is 92.9 Å². The van der Waals surface area contributed by atoms with E-state index in [9.17, 15) is 0 Å². The molecule has 0 amide bonds. The lowest BCUT2D eigenvalue weighted by Crippen LogP contribution is -1.99. The van der Waals surface area contributed by atoms with Gasteiger partial charge in [0.05, 0.1) is 0 Å². The summed E-state index contributed by atoms with van der Waals surface area (Å²) in [7, 11) is 0. The van der Waals surface area contributed by atoms with E-state index in [2.05, 4.69) is 9.97 Å². The largest absolute Gasteiger partial charge is 0.384 e. The number of nitrogens with zero attached hydrogens (tertiary/aromatic N) is 2. The number of rotatable bonds is 2. The normalized spacial score (nSPS) is 10.2. The standard InChI is InChI=1S/C11H10ClN3/c12-9-3-1-2-8(6-9)7-11-14-5-4-10(13)15-11/h1-6H,7H2,(H2,13,14,15). The van der Waals surface area contributed by atoms with Crippen molar-refractivity contribution in [1.82, 2.24) is 9.97 Å². The van der Waals surface area contributed by atoms with Gasteiger partial charge in [-0.3, -0.25) is 0 Å². The quantitative estimate of drug-likeness (QED) is 0.843. The molecule has 1 aromatic carbocycles. The molecule has 15 heavy (non-hydrogen) atoms. The van der Waals surface area contributed by atoms with Gasteiger partial charge in [0.25, 0.3) is 0 Å². The van der Waals surface area contributed by atoms with E-state index in [-0.39, 0.29) is 0 Å². The van der Waals surface area contributed by atoms with E-state index >= 15 is 0 Å². The molecule has 0 aliphatic rings. The maximum absolute atomic E-state index is 5.88. The molecular weight excluding hydrogens is 210 g/mol. The number of hydrogen-bond donors (Lipinski definition) is 1. The molecule has 0 unspecified atom stereocenters. The van der Waals surface area contributed by atoms with Crippen LogP contribution in [-0.4, -0.2) is 9.97 Å². The van der Waals surface area contributed by atoms with Crippen molar-refractivity contribution in [3.8, 4) is 0 Å².